The summed E-state index contributed by atoms with van der Waals surface area (Å²) in [5, 5.41) is 1.56. The molecule has 0 aromatic heterocycles. The summed E-state index contributed by atoms with van der Waals surface area (Å²) in [6, 6.07) is 37.3. The fourth-order valence-corrected chi connectivity index (χ4v) is 5.16. The predicted molar refractivity (Wildman–Crippen MR) is 135 cm³/mol. The summed E-state index contributed by atoms with van der Waals surface area (Å²) in [7, 11) is -0.981. The molecule has 0 amide bonds. The van der Waals surface area contributed by atoms with Gasteiger partial charge in [-0.1, -0.05) is 55.0 Å². The maximum atomic E-state index is 3.30. The van der Waals surface area contributed by atoms with Gasteiger partial charge in [-0.3, -0.25) is 0 Å². The molecule has 0 saturated heterocycles. The number of halogens is 2. The summed E-state index contributed by atoms with van der Waals surface area (Å²) >= 11 is 1.51. The second-order valence-electron chi connectivity index (χ2n) is 8.81. The van der Waals surface area contributed by atoms with Crippen molar-refractivity contribution in [1.82, 2.24) is 0 Å². The quantitative estimate of drug-likeness (QED) is 0.218. The minimum Gasteiger partial charge on any atom is -1.00 e. The second-order valence-corrected chi connectivity index (χ2v) is 15.7. The average Bonchev–Trinajstić information content (AvgIpc) is 3.43. The molecule has 4 heteroatoms. The molecule has 170 valence electrons. The molecule has 1 aliphatic rings. The van der Waals surface area contributed by atoms with Gasteiger partial charge in [-0.15, -0.1) is 5.56 Å². The smallest absolute Gasteiger partial charge is 0.00392 e. The Morgan fingerprint density at radius 2 is 1.48 bits per heavy atom. The number of hydrogen-bond acceptors (Lipinski definition) is 0. The largest absolute Gasteiger partial charge is 1.00 e. The maximum absolute atomic E-state index is 3.30. The van der Waals surface area contributed by atoms with Crippen LogP contribution in [-0.2, 0) is 30.7 Å². The number of rotatable bonds is 2. The Balaban J connectivity index is 0.000000247. The van der Waals surface area contributed by atoms with E-state index in [2.05, 4.69) is 118 Å². The van der Waals surface area contributed by atoms with Crippen LogP contribution in [0.15, 0.2) is 97.1 Å². The van der Waals surface area contributed by atoms with E-state index in [-0.39, 0.29) is 24.8 Å². The molecule has 0 atom stereocenters. The minimum absolute atomic E-state index is 0. The molecule has 0 aliphatic heterocycles. The maximum Gasteiger partial charge on any atom is 0.00392 e. The Labute approximate surface area is 228 Å². The van der Waals surface area contributed by atoms with Crippen molar-refractivity contribution >= 4 is 16.5 Å². The van der Waals surface area contributed by atoms with Crippen LogP contribution in [0.4, 0.5) is 0 Å². The molecule has 0 spiro atoms. The van der Waals surface area contributed by atoms with E-state index in [0.29, 0.717) is 0 Å². The summed E-state index contributed by atoms with van der Waals surface area (Å²) in [6.45, 7) is 9.25. The predicted octanol–water partition coefficient (Wildman–Crippen LogP) is 0.790. The van der Waals surface area contributed by atoms with Gasteiger partial charge in [-0.25, -0.2) is 11.3 Å². The van der Waals surface area contributed by atoms with Crippen LogP contribution in [0, 0.1) is 6.07 Å². The van der Waals surface area contributed by atoms with Crippen molar-refractivity contribution in [2.75, 3.05) is 0 Å². The van der Waals surface area contributed by atoms with Crippen LogP contribution in [-0.4, -0.2) is 11.3 Å². The minimum atomic E-state index is -0.981. The Morgan fingerprint density at radius 3 is 2.03 bits per heavy atom. The molecule has 0 N–H and O–H groups in total. The van der Waals surface area contributed by atoms with E-state index < -0.39 is 8.07 Å². The summed E-state index contributed by atoms with van der Waals surface area (Å²) in [5.41, 5.74) is 6.88. The van der Waals surface area contributed by atoms with E-state index in [1.54, 1.807) is 5.19 Å². The van der Waals surface area contributed by atoms with Crippen LogP contribution in [0.25, 0.3) is 11.1 Å². The molecular formula is C29H30Cl2SiZr-2. The summed E-state index contributed by atoms with van der Waals surface area (Å²) in [6.07, 6.45) is 1.05. The van der Waals surface area contributed by atoms with Crippen LogP contribution in [0.5, 0.6) is 0 Å². The van der Waals surface area contributed by atoms with E-state index >= 15 is 0 Å². The number of benzene rings is 3. The zero-order chi connectivity index (χ0) is 22.3. The van der Waals surface area contributed by atoms with Crippen molar-refractivity contribution in [3.63, 3.8) is 0 Å². The molecule has 0 unspecified atom stereocenters. The Hall–Kier alpha value is -1.44. The van der Waals surface area contributed by atoms with E-state index in [9.17, 15) is 0 Å². The first-order valence-electron chi connectivity index (χ1n) is 10.8. The monoisotopic (exact) mass is 566 g/mol. The molecule has 1 aliphatic carbocycles. The number of hydrogen-bond donors (Lipinski definition) is 0. The summed E-state index contributed by atoms with van der Waals surface area (Å²) in [5.74, 6) is 0. The Kier molecular flexibility index (Phi) is 12.6. The summed E-state index contributed by atoms with van der Waals surface area (Å²) < 4.78 is 1.46. The van der Waals surface area contributed by atoms with Crippen LogP contribution in [0.1, 0.15) is 23.6 Å². The Bertz CT molecular complexity index is 1070. The molecule has 0 radical (unpaired) electrons. The Morgan fingerprint density at radius 1 is 0.848 bits per heavy atom. The SMILES string of the molecule is C[C](=[Zr+2])c1ccccc1.C[Si](C)(C)c1cc[cH-]c1.[Cl-].[Cl-].[c-]1cccc2c1Cc1ccccc1-2. The molecule has 0 saturated carbocycles. The molecular weight excluding hydrogens is 539 g/mol. The fourth-order valence-electron chi connectivity index (χ4n) is 3.56. The van der Waals surface area contributed by atoms with E-state index in [0.717, 1.165) is 6.42 Å². The van der Waals surface area contributed by atoms with Crippen molar-refractivity contribution in [3.8, 4) is 11.1 Å². The normalized spacial score (nSPS) is 10.6. The van der Waals surface area contributed by atoms with Crippen molar-refractivity contribution in [2.45, 2.75) is 33.0 Å². The van der Waals surface area contributed by atoms with Crippen LogP contribution in [0.3, 0.4) is 0 Å². The molecule has 33 heavy (non-hydrogen) atoms. The number of fused-ring (bicyclic) bond motifs is 3. The molecule has 5 rings (SSSR count). The second kappa shape index (κ2) is 14.1. The third-order valence-electron chi connectivity index (χ3n) is 5.35. The van der Waals surface area contributed by atoms with Gasteiger partial charge in [0.05, 0.1) is 0 Å². The third-order valence-corrected chi connectivity index (χ3v) is 8.13. The fraction of sp³-hybridized carbons (Fsp3) is 0.172. The first-order chi connectivity index (χ1) is 14.9. The van der Waals surface area contributed by atoms with Crippen LogP contribution < -0.4 is 30.0 Å². The van der Waals surface area contributed by atoms with Crippen LogP contribution in [0.2, 0.25) is 19.6 Å². The van der Waals surface area contributed by atoms with Gasteiger partial charge < -0.3 is 24.8 Å². The van der Waals surface area contributed by atoms with E-state index in [1.807, 2.05) is 12.1 Å². The summed E-state index contributed by atoms with van der Waals surface area (Å²) in [4.78, 5) is 0. The van der Waals surface area contributed by atoms with Crippen molar-refractivity contribution in [3.05, 3.63) is 120 Å². The van der Waals surface area contributed by atoms with Gasteiger partial charge in [0.15, 0.2) is 0 Å². The average molecular weight is 569 g/mol. The molecule has 0 bridgehead atoms. The zero-order valence-corrected chi connectivity index (χ0v) is 24.7. The van der Waals surface area contributed by atoms with E-state index in [1.165, 1.54) is 55.3 Å². The molecule has 0 heterocycles. The van der Waals surface area contributed by atoms with E-state index in [4.69, 9.17) is 0 Å². The molecule has 0 fully saturated rings. The molecule has 4 aromatic rings. The van der Waals surface area contributed by atoms with Gasteiger partial charge in [0.1, 0.15) is 0 Å². The van der Waals surface area contributed by atoms with Gasteiger partial charge in [0, 0.05) is 8.07 Å². The van der Waals surface area contributed by atoms with Gasteiger partial charge >= 0.3 is 70.3 Å². The van der Waals surface area contributed by atoms with Gasteiger partial charge in [0.2, 0.25) is 0 Å². The van der Waals surface area contributed by atoms with Crippen molar-refractivity contribution in [2.24, 2.45) is 0 Å². The molecule has 4 aromatic carbocycles. The topological polar surface area (TPSA) is 0 Å². The van der Waals surface area contributed by atoms with Gasteiger partial charge in [-0.2, -0.15) is 48.0 Å². The first kappa shape index (κ1) is 29.6. The van der Waals surface area contributed by atoms with Gasteiger partial charge in [0.25, 0.3) is 0 Å². The zero-order valence-electron chi connectivity index (χ0n) is 19.7. The first-order valence-corrected chi connectivity index (χ1v) is 15.5. The molecule has 0 nitrogen and oxygen atoms in total. The van der Waals surface area contributed by atoms with Crippen LogP contribution >= 0.6 is 0 Å². The van der Waals surface area contributed by atoms with Crippen molar-refractivity contribution in [1.29, 1.82) is 0 Å². The van der Waals surface area contributed by atoms with Gasteiger partial charge in [-0.05, 0) is 6.42 Å². The van der Waals surface area contributed by atoms with Crippen molar-refractivity contribution < 1.29 is 49.0 Å². The standard InChI is InChI=1S/C13H9.C8H13Si.C8H8.2ClH.Zr/c1-3-7-12-10(5-1)9-11-6-2-4-8-13(11)12;1-9(2,3)8-6-4-5-7-8;1-2-8-6-4-3-5-7-8;;;/h1-5,7-8H,9H2;4-7H,1-3H3;3-7H,1H3;2*1H;/q2*-1;;;;+2/p-2. The third kappa shape index (κ3) is 8.69.